The number of aryl methyl sites for hydroxylation is 1. The van der Waals surface area contributed by atoms with Crippen molar-refractivity contribution in [3.63, 3.8) is 0 Å². The van der Waals surface area contributed by atoms with E-state index >= 15 is 0 Å². The van der Waals surface area contributed by atoms with Gasteiger partial charge in [-0.2, -0.15) is 0 Å². The van der Waals surface area contributed by atoms with E-state index in [9.17, 15) is 14.3 Å². The summed E-state index contributed by atoms with van der Waals surface area (Å²) >= 11 is 0. The highest BCUT2D eigenvalue weighted by Crippen LogP contribution is 2.63. The van der Waals surface area contributed by atoms with Crippen molar-refractivity contribution in [2.75, 3.05) is 11.4 Å². The first-order valence-electron chi connectivity index (χ1n) is 9.76. The largest absolute Gasteiger partial charge is 0.390 e. The predicted octanol–water partition coefficient (Wildman–Crippen LogP) is 3.83. The van der Waals surface area contributed by atoms with Crippen molar-refractivity contribution in [2.24, 2.45) is 17.3 Å². The number of halogens is 1. The van der Waals surface area contributed by atoms with Gasteiger partial charge in [-0.3, -0.25) is 4.79 Å². The van der Waals surface area contributed by atoms with E-state index in [1.165, 1.54) is 12.5 Å². The van der Waals surface area contributed by atoms with E-state index in [0.717, 1.165) is 50.5 Å². The zero-order valence-electron chi connectivity index (χ0n) is 14.6. The average Bonchev–Trinajstić information content (AvgIpc) is 2.51. The van der Waals surface area contributed by atoms with Gasteiger partial charge in [-0.05, 0) is 80.2 Å². The maximum atomic E-state index is 14.4. The molecule has 1 amide bonds. The summed E-state index contributed by atoms with van der Waals surface area (Å²) in [6.07, 6.45) is 8.15. The molecule has 4 fully saturated rings. The number of amides is 1. The molecule has 0 aromatic heterocycles. The third-order valence-electron chi connectivity index (χ3n) is 7.15. The molecule has 4 saturated carbocycles. The summed E-state index contributed by atoms with van der Waals surface area (Å²) in [5.74, 6) is 0.917. The van der Waals surface area contributed by atoms with E-state index in [1.807, 2.05) is 6.07 Å². The molecule has 0 radical (unpaired) electrons. The molecular formula is C21H26FNO2. The number of fused-ring (bicyclic) bond motifs is 1. The Morgan fingerprint density at radius 2 is 2.00 bits per heavy atom. The number of aliphatic hydroxyl groups is 1. The van der Waals surface area contributed by atoms with Crippen molar-refractivity contribution >= 4 is 11.6 Å². The summed E-state index contributed by atoms with van der Waals surface area (Å²) in [6, 6.07) is 5.12. The Bertz CT molecular complexity index is 717. The van der Waals surface area contributed by atoms with Gasteiger partial charge in [0.15, 0.2) is 0 Å². The van der Waals surface area contributed by atoms with Gasteiger partial charge in [0.25, 0.3) is 0 Å². The number of carbonyl (C=O) groups is 1. The lowest BCUT2D eigenvalue weighted by Gasteiger charge is -2.60. The Hall–Kier alpha value is -1.42. The molecule has 4 aliphatic carbocycles. The van der Waals surface area contributed by atoms with Crippen molar-refractivity contribution in [1.29, 1.82) is 0 Å². The van der Waals surface area contributed by atoms with Crippen molar-refractivity contribution in [1.82, 2.24) is 0 Å². The van der Waals surface area contributed by atoms with Gasteiger partial charge in [-0.1, -0.05) is 12.1 Å². The molecule has 1 N–H and O–H groups in total. The van der Waals surface area contributed by atoms with Crippen LogP contribution in [-0.2, 0) is 11.2 Å². The lowest BCUT2D eigenvalue weighted by Crippen LogP contribution is -2.56. The number of benzene rings is 1. The molecule has 4 heteroatoms. The van der Waals surface area contributed by atoms with E-state index in [1.54, 1.807) is 11.0 Å². The van der Waals surface area contributed by atoms with Crippen LogP contribution < -0.4 is 4.90 Å². The van der Waals surface area contributed by atoms with Crippen molar-refractivity contribution in [2.45, 2.75) is 63.4 Å². The third-order valence-corrected chi connectivity index (χ3v) is 7.15. The second kappa shape index (κ2) is 5.29. The van der Waals surface area contributed by atoms with Crippen LogP contribution in [0.25, 0.3) is 0 Å². The lowest BCUT2D eigenvalue weighted by molar-refractivity contribution is -0.168. The van der Waals surface area contributed by atoms with Crippen LogP contribution in [0.5, 0.6) is 0 Å². The fraction of sp³-hybridized carbons (Fsp3) is 0.667. The highest BCUT2D eigenvalue weighted by atomic mass is 19.1. The first-order chi connectivity index (χ1) is 12.0. The zero-order chi connectivity index (χ0) is 17.2. The molecule has 6 rings (SSSR count). The summed E-state index contributed by atoms with van der Waals surface area (Å²) < 4.78 is 14.4. The molecular weight excluding hydrogens is 317 g/mol. The SMILES string of the molecule is O=C(CC12C[C@H]3C[C@@H](CC(O)(C3)C1)C2)N1CCCc2cccc(F)c21. The summed E-state index contributed by atoms with van der Waals surface area (Å²) in [7, 11) is 0. The molecule has 1 aliphatic heterocycles. The molecule has 1 aromatic rings. The quantitative estimate of drug-likeness (QED) is 0.887. The molecule has 3 nitrogen and oxygen atoms in total. The second-order valence-electron chi connectivity index (χ2n) is 9.26. The number of para-hydroxylation sites is 1. The number of anilines is 1. The minimum atomic E-state index is -0.546. The summed E-state index contributed by atoms with van der Waals surface area (Å²) in [5.41, 5.74) is 0.847. The van der Waals surface area contributed by atoms with Gasteiger partial charge < -0.3 is 10.0 Å². The summed E-state index contributed by atoms with van der Waals surface area (Å²) in [4.78, 5) is 14.9. The molecule has 4 bridgehead atoms. The van der Waals surface area contributed by atoms with Gasteiger partial charge >= 0.3 is 0 Å². The molecule has 134 valence electrons. The predicted molar refractivity (Wildman–Crippen MR) is 93.8 cm³/mol. The molecule has 0 saturated heterocycles. The fourth-order valence-corrected chi connectivity index (χ4v) is 6.88. The summed E-state index contributed by atoms with van der Waals surface area (Å²) in [5, 5.41) is 10.9. The lowest BCUT2D eigenvalue weighted by atomic mass is 9.47. The maximum absolute atomic E-state index is 14.4. The van der Waals surface area contributed by atoms with E-state index in [-0.39, 0.29) is 17.1 Å². The Kier molecular flexibility index (Phi) is 3.35. The fourth-order valence-electron chi connectivity index (χ4n) is 6.88. The first-order valence-corrected chi connectivity index (χ1v) is 9.76. The highest BCUT2D eigenvalue weighted by Gasteiger charge is 2.57. The van der Waals surface area contributed by atoms with E-state index in [4.69, 9.17) is 0 Å². The molecule has 0 unspecified atom stereocenters. The van der Waals surface area contributed by atoms with Crippen molar-refractivity contribution < 1.29 is 14.3 Å². The minimum Gasteiger partial charge on any atom is -0.390 e. The maximum Gasteiger partial charge on any atom is 0.227 e. The molecule has 25 heavy (non-hydrogen) atoms. The zero-order valence-corrected chi connectivity index (χ0v) is 14.6. The minimum absolute atomic E-state index is 0.0524. The first kappa shape index (κ1) is 15.8. The molecule has 1 heterocycles. The van der Waals surface area contributed by atoms with Gasteiger partial charge in [-0.25, -0.2) is 4.39 Å². The molecule has 5 aliphatic rings. The topological polar surface area (TPSA) is 40.5 Å². The average molecular weight is 343 g/mol. The number of nitrogens with zero attached hydrogens (tertiary/aromatic N) is 1. The number of hydrogen-bond donors (Lipinski definition) is 1. The highest BCUT2D eigenvalue weighted by molar-refractivity contribution is 5.95. The number of rotatable bonds is 2. The van der Waals surface area contributed by atoms with Crippen LogP contribution in [-0.4, -0.2) is 23.2 Å². The van der Waals surface area contributed by atoms with Crippen LogP contribution in [0.1, 0.15) is 56.9 Å². The van der Waals surface area contributed by atoms with Gasteiger partial charge in [-0.15, -0.1) is 0 Å². The number of hydrogen-bond acceptors (Lipinski definition) is 2. The smallest absolute Gasteiger partial charge is 0.227 e. The molecule has 0 spiro atoms. The second-order valence-corrected chi connectivity index (χ2v) is 9.26. The Balaban J connectivity index is 1.42. The van der Waals surface area contributed by atoms with Crippen molar-refractivity contribution in [3.8, 4) is 0 Å². The van der Waals surface area contributed by atoms with Crippen molar-refractivity contribution in [3.05, 3.63) is 29.6 Å². The Morgan fingerprint density at radius 1 is 1.24 bits per heavy atom. The van der Waals surface area contributed by atoms with Gasteiger partial charge in [0.05, 0.1) is 11.3 Å². The van der Waals surface area contributed by atoms with Gasteiger partial charge in [0.2, 0.25) is 5.91 Å². The van der Waals surface area contributed by atoms with Crippen LogP contribution >= 0.6 is 0 Å². The van der Waals surface area contributed by atoms with Gasteiger partial charge in [0.1, 0.15) is 5.82 Å². The van der Waals surface area contributed by atoms with Crippen LogP contribution in [0.15, 0.2) is 18.2 Å². The van der Waals surface area contributed by atoms with Crippen LogP contribution in [0, 0.1) is 23.1 Å². The third kappa shape index (κ3) is 2.52. The van der Waals surface area contributed by atoms with Gasteiger partial charge in [0, 0.05) is 13.0 Å². The Morgan fingerprint density at radius 3 is 2.72 bits per heavy atom. The van der Waals surface area contributed by atoms with E-state index in [2.05, 4.69) is 0 Å². The summed E-state index contributed by atoms with van der Waals surface area (Å²) in [6.45, 7) is 0.611. The van der Waals surface area contributed by atoms with Crippen LogP contribution in [0.3, 0.4) is 0 Å². The standard InChI is InChI=1S/C21H26FNO2/c22-17-5-1-3-16-4-2-6-23(19(16)17)18(24)12-20-8-14-7-15(9-20)11-21(25,10-14)13-20/h1,3,5,14-15,25H,2,4,6-13H2/t14-,15-,20?,21?/m1/s1. The van der Waals surface area contributed by atoms with E-state index < -0.39 is 5.60 Å². The monoisotopic (exact) mass is 343 g/mol. The molecule has 1 aromatic carbocycles. The van der Waals surface area contributed by atoms with Crippen LogP contribution in [0.2, 0.25) is 0 Å². The normalized spacial score (nSPS) is 38.7. The molecule has 2 atom stereocenters. The Labute approximate surface area is 148 Å². The van der Waals surface area contributed by atoms with E-state index in [0.29, 0.717) is 30.5 Å². The number of carbonyl (C=O) groups excluding carboxylic acids is 1. The van der Waals surface area contributed by atoms with Crippen LogP contribution in [0.4, 0.5) is 10.1 Å².